The van der Waals surface area contributed by atoms with E-state index < -0.39 is 0 Å². The van der Waals surface area contributed by atoms with Gasteiger partial charge in [0.25, 0.3) is 0 Å². The van der Waals surface area contributed by atoms with Crippen molar-refractivity contribution in [3.8, 4) is 0 Å². The van der Waals surface area contributed by atoms with Gasteiger partial charge in [0.2, 0.25) is 0 Å². The van der Waals surface area contributed by atoms with Gasteiger partial charge in [-0.05, 0) is 49.9 Å². The fraction of sp³-hybridized carbons (Fsp3) is 0.708. The number of nitrogens with one attached hydrogen (secondary N) is 2. The summed E-state index contributed by atoms with van der Waals surface area (Å²) in [6, 6.07) is 8.93. The quantitative estimate of drug-likeness (QED) is 0.480. The fourth-order valence-corrected chi connectivity index (χ4v) is 4.26. The van der Waals surface area contributed by atoms with Crippen molar-refractivity contribution in [2.75, 3.05) is 52.4 Å². The lowest BCUT2D eigenvalue weighted by Crippen LogP contribution is -2.50. The summed E-state index contributed by atoms with van der Waals surface area (Å²) in [5.41, 5.74) is 2.64. The molecular formula is C24H41N5O. The average molecular weight is 416 g/mol. The number of hydrogen-bond donors (Lipinski definition) is 2. The minimum Gasteiger partial charge on any atom is -0.374 e. The molecule has 168 valence electrons. The second-order valence-electron chi connectivity index (χ2n) is 9.02. The summed E-state index contributed by atoms with van der Waals surface area (Å²) >= 11 is 0. The first kappa shape index (κ1) is 23.0. The zero-order chi connectivity index (χ0) is 21.2. The van der Waals surface area contributed by atoms with Gasteiger partial charge in [-0.2, -0.15) is 0 Å². The van der Waals surface area contributed by atoms with Gasteiger partial charge in [0.05, 0.1) is 19.3 Å². The number of morpholine rings is 1. The molecule has 2 saturated heterocycles. The number of aliphatic imine (C=N–C) groups is 1. The minimum absolute atomic E-state index is 0.214. The van der Waals surface area contributed by atoms with Crippen LogP contribution in [0.3, 0.4) is 0 Å². The van der Waals surface area contributed by atoms with Gasteiger partial charge in [0, 0.05) is 39.3 Å². The van der Waals surface area contributed by atoms with Crippen LogP contribution in [0.25, 0.3) is 0 Å². The van der Waals surface area contributed by atoms with Crippen LogP contribution in [0, 0.1) is 5.92 Å². The normalized spacial score (nSPS) is 21.3. The van der Waals surface area contributed by atoms with Crippen molar-refractivity contribution in [2.24, 2.45) is 10.9 Å². The molecular weight excluding hydrogens is 374 g/mol. The highest BCUT2D eigenvalue weighted by atomic mass is 16.5. The Labute approximate surface area is 183 Å². The number of hydrogen-bond acceptors (Lipinski definition) is 4. The smallest absolute Gasteiger partial charge is 0.191 e. The molecule has 6 heteroatoms. The summed E-state index contributed by atoms with van der Waals surface area (Å²) in [5, 5.41) is 6.83. The molecule has 2 N–H and O–H groups in total. The lowest BCUT2D eigenvalue weighted by Gasteiger charge is -2.34. The first-order chi connectivity index (χ1) is 14.6. The fourth-order valence-electron chi connectivity index (χ4n) is 4.26. The van der Waals surface area contributed by atoms with E-state index in [4.69, 9.17) is 9.73 Å². The Morgan fingerprint density at radius 3 is 2.50 bits per heavy atom. The molecule has 0 aromatic heterocycles. The van der Waals surface area contributed by atoms with Crippen LogP contribution in [0.4, 0.5) is 0 Å². The van der Waals surface area contributed by atoms with Crippen molar-refractivity contribution in [1.82, 2.24) is 20.4 Å². The van der Waals surface area contributed by atoms with Crippen molar-refractivity contribution in [1.29, 1.82) is 0 Å². The molecule has 2 heterocycles. The Hall–Kier alpha value is -1.63. The van der Waals surface area contributed by atoms with Gasteiger partial charge in [-0.3, -0.25) is 9.80 Å². The molecule has 0 radical (unpaired) electrons. The molecule has 30 heavy (non-hydrogen) atoms. The molecule has 0 amide bonds. The maximum atomic E-state index is 5.96. The molecule has 0 spiro atoms. The maximum Gasteiger partial charge on any atom is 0.191 e. The first-order valence-corrected chi connectivity index (χ1v) is 11.8. The second-order valence-corrected chi connectivity index (χ2v) is 9.02. The number of ether oxygens (including phenoxy) is 1. The summed E-state index contributed by atoms with van der Waals surface area (Å²) in [6.45, 7) is 16.5. The van der Waals surface area contributed by atoms with Crippen molar-refractivity contribution in [2.45, 2.75) is 52.8 Å². The third kappa shape index (κ3) is 7.89. The molecule has 3 rings (SSSR count). The number of benzene rings is 1. The SMILES string of the molecule is CCNC(=NCc1ccc(CN2CCCC2)cc1)NCC1CN(CC(C)C)CCO1. The Kier molecular flexibility index (Phi) is 9.43. The summed E-state index contributed by atoms with van der Waals surface area (Å²) in [4.78, 5) is 9.83. The van der Waals surface area contributed by atoms with Gasteiger partial charge in [-0.15, -0.1) is 0 Å². The van der Waals surface area contributed by atoms with E-state index in [1.54, 1.807) is 0 Å². The summed E-state index contributed by atoms with van der Waals surface area (Å²) in [6.07, 6.45) is 2.90. The summed E-state index contributed by atoms with van der Waals surface area (Å²) in [7, 11) is 0. The van der Waals surface area contributed by atoms with Crippen molar-refractivity contribution in [3.63, 3.8) is 0 Å². The maximum absolute atomic E-state index is 5.96. The van der Waals surface area contributed by atoms with Gasteiger partial charge in [0.1, 0.15) is 0 Å². The van der Waals surface area contributed by atoms with E-state index in [0.717, 1.165) is 51.8 Å². The predicted octanol–water partition coefficient (Wildman–Crippen LogP) is 2.69. The Bertz CT molecular complexity index is 640. The van der Waals surface area contributed by atoms with Gasteiger partial charge in [0.15, 0.2) is 5.96 Å². The number of likely N-dealkylation sites (tertiary alicyclic amines) is 1. The molecule has 0 bridgehead atoms. The lowest BCUT2D eigenvalue weighted by molar-refractivity contribution is -0.0284. The van der Waals surface area contributed by atoms with Crippen LogP contribution in [-0.2, 0) is 17.8 Å². The number of nitrogens with zero attached hydrogens (tertiary/aromatic N) is 3. The molecule has 1 aromatic rings. The van der Waals surface area contributed by atoms with Crippen LogP contribution in [0.15, 0.2) is 29.3 Å². The molecule has 2 fully saturated rings. The molecule has 0 saturated carbocycles. The van der Waals surface area contributed by atoms with Crippen LogP contribution in [0.2, 0.25) is 0 Å². The number of guanidine groups is 1. The van der Waals surface area contributed by atoms with Gasteiger partial charge in [-0.1, -0.05) is 38.1 Å². The average Bonchev–Trinajstić information content (AvgIpc) is 3.24. The molecule has 6 nitrogen and oxygen atoms in total. The summed E-state index contributed by atoms with van der Waals surface area (Å²) in [5.74, 6) is 1.56. The molecule has 1 unspecified atom stereocenters. The van der Waals surface area contributed by atoms with E-state index in [9.17, 15) is 0 Å². The van der Waals surface area contributed by atoms with Crippen LogP contribution >= 0.6 is 0 Å². The molecule has 0 aliphatic carbocycles. The highest BCUT2D eigenvalue weighted by Crippen LogP contribution is 2.14. The third-order valence-corrected chi connectivity index (χ3v) is 5.74. The zero-order valence-electron chi connectivity index (χ0n) is 19.2. The Morgan fingerprint density at radius 2 is 1.80 bits per heavy atom. The van der Waals surface area contributed by atoms with Gasteiger partial charge >= 0.3 is 0 Å². The predicted molar refractivity (Wildman–Crippen MR) is 125 cm³/mol. The van der Waals surface area contributed by atoms with E-state index in [-0.39, 0.29) is 6.10 Å². The van der Waals surface area contributed by atoms with Crippen molar-refractivity contribution < 1.29 is 4.74 Å². The van der Waals surface area contributed by atoms with Crippen molar-refractivity contribution in [3.05, 3.63) is 35.4 Å². The monoisotopic (exact) mass is 415 g/mol. The third-order valence-electron chi connectivity index (χ3n) is 5.74. The Balaban J connectivity index is 1.46. The zero-order valence-corrected chi connectivity index (χ0v) is 19.2. The molecule has 1 atom stereocenters. The van der Waals surface area contributed by atoms with Crippen LogP contribution in [0.1, 0.15) is 44.7 Å². The van der Waals surface area contributed by atoms with E-state index in [1.807, 2.05) is 0 Å². The van der Waals surface area contributed by atoms with E-state index >= 15 is 0 Å². The van der Waals surface area contributed by atoms with E-state index in [0.29, 0.717) is 12.5 Å². The summed E-state index contributed by atoms with van der Waals surface area (Å²) < 4.78 is 5.96. The minimum atomic E-state index is 0.214. The first-order valence-electron chi connectivity index (χ1n) is 11.8. The highest BCUT2D eigenvalue weighted by Gasteiger charge is 2.21. The van der Waals surface area contributed by atoms with E-state index in [1.165, 1.54) is 37.1 Å². The topological polar surface area (TPSA) is 52.1 Å². The molecule has 2 aliphatic heterocycles. The molecule has 2 aliphatic rings. The molecule has 1 aromatic carbocycles. The Morgan fingerprint density at radius 1 is 1.07 bits per heavy atom. The highest BCUT2D eigenvalue weighted by molar-refractivity contribution is 5.79. The largest absolute Gasteiger partial charge is 0.374 e. The lowest BCUT2D eigenvalue weighted by atomic mass is 10.1. The van der Waals surface area contributed by atoms with E-state index in [2.05, 4.69) is 65.5 Å². The second kappa shape index (κ2) is 12.3. The standard InChI is InChI=1S/C24H41N5O/c1-4-25-24(27-16-23-19-29(13-14-30-23)17-20(2)3)26-15-21-7-9-22(10-8-21)18-28-11-5-6-12-28/h7-10,20,23H,4-6,11-19H2,1-3H3,(H2,25,26,27). The van der Waals surface area contributed by atoms with Crippen LogP contribution < -0.4 is 10.6 Å². The van der Waals surface area contributed by atoms with Crippen molar-refractivity contribution >= 4 is 5.96 Å². The van der Waals surface area contributed by atoms with Crippen LogP contribution in [-0.4, -0.2) is 74.3 Å². The van der Waals surface area contributed by atoms with Gasteiger partial charge < -0.3 is 15.4 Å². The number of rotatable bonds is 9. The van der Waals surface area contributed by atoms with Crippen LogP contribution in [0.5, 0.6) is 0 Å². The van der Waals surface area contributed by atoms with Gasteiger partial charge in [-0.25, -0.2) is 4.99 Å².